The highest BCUT2D eigenvalue weighted by molar-refractivity contribution is 5.83. The predicted octanol–water partition coefficient (Wildman–Crippen LogP) is 5.18. The number of fused-ring (bicyclic) bond motifs is 2. The lowest BCUT2D eigenvalue weighted by Gasteiger charge is -2.34. The molecule has 1 aliphatic heterocycles. The zero-order valence-corrected chi connectivity index (χ0v) is 20.7. The highest BCUT2D eigenvalue weighted by Crippen LogP contribution is 2.42. The molecule has 3 heterocycles. The molecule has 1 N–H and O–H groups in total. The summed E-state index contributed by atoms with van der Waals surface area (Å²) in [6, 6.07) is 14.9. The number of tetrazole rings is 1. The van der Waals surface area contributed by atoms with E-state index in [2.05, 4.69) is 81.7 Å². The first kappa shape index (κ1) is 22.0. The van der Waals surface area contributed by atoms with Gasteiger partial charge in [-0.2, -0.15) is 0 Å². The van der Waals surface area contributed by atoms with Crippen LogP contribution < -0.4 is 10.5 Å². The maximum Gasteiger partial charge on any atom is 0.254 e. The topological polar surface area (TPSA) is 79.7 Å². The van der Waals surface area contributed by atoms with Crippen molar-refractivity contribution in [1.82, 2.24) is 25.2 Å². The maximum absolute atomic E-state index is 13.7. The molecule has 1 saturated carbocycles. The Morgan fingerprint density at radius 1 is 1.06 bits per heavy atom. The van der Waals surface area contributed by atoms with Gasteiger partial charge in [-0.25, -0.2) is 4.68 Å². The van der Waals surface area contributed by atoms with Gasteiger partial charge in [-0.05, 0) is 85.2 Å². The molecule has 7 heteroatoms. The van der Waals surface area contributed by atoms with Crippen LogP contribution in [-0.2, 0) is 6.42 Å². The monoisotopic (exact) mass is 468 g/mol. The molecule has 2 aromatic heterocycles. The number of para-hydroxylation sites is 1. The van der Waals surface area contributed by atoms with Crippen molar-refractivity contribution in [2.75, 3.05) is 4.90 Å². The van der Waals surface area contributed by atoms with Gasteiger partial charge in [0, 0.05) is 17.3 Å². The van der Waals surface area contributed by atoms with Crippen LogP contribution in [0, 0.1) is 13.8 Å². The number of nitrogens with one attached hydrogen (secondary N) is 1. The first-order valence-electron chi connectivity index (χ1n) is 12.8. The van der Waals surface area contributed by atoms with Gasteiger partial charge in [0.1, 0.15) is 6.04 Å². The van der Waals surface area contributed by atoms with E-state index < -0.39 is 0 Å². The molecule has 0 amide bonds. The Hall–Kier alpha value is -3.48. The van der Waals surface area contributed by atoms with Crippen molar-refractivity contribution in [3.05, 3.63) is 80.9 Å². The third-order valence-electron chi connectivity index (χ3n) is 7.84. The SMILES string of the molecule is Cc1cc(C)c2[nH]c(=O)c([C@H](c3nnnn3C3CCCCC3)N3c4ccccc4C[C@@H]3C)cc2c1. The summed E-state index contributed by atoms with van der Waals surface area (Å²) in [5.41, 5.74) is 6.21. The molecular formula is C28H32N6O. The number of rotatable bonds is 4. The van der Waals surface area contributed by atoms with Gasteiger partial charge in [0.25, 0.3) is 5.56 Å². The summed E-state index contributed by atoms with van der Waals surface area (Å²) in [5, 5.41) is 14.2. The smallest absolute Gasteiger partial charge is 0.254 e. The highest BCUT2D eigenvalue weighted by atomic mass is 16.1. The lowest BCUT2D eigenvalue weighted by Crippen LogP contribution is -2.39. The number of aromatic amines is 1. The van der Waals surface area contributed by atoms with E-state index in [1.54, 1.807) is 0 Å². The zero-order valence-electron chi connectivity index (χ0n) is 20.7. The van der Waals surface area contributed by atoms with Crippen LogP contribution in [0.3, 0.4) is 0 Å². The first-order chi connectivity index (χ1) is 17.0. The molecule has 0 bridgehead atoms. The number of aryl methyl sites for hydroxylation is 2. The fourth-order valence-electron chi connectivity index (χ4n) is 6.27. The predicted molar refractivity (Wildman–Crippen MR) is 138 cm³/mol. The van der Waals surface area contributed by atoms with Crippen molar-refractivity contribution in [3.63, 3.8) is 0 Å². The average molecular weight is 469 g/mol. The maximum atomic E-state index is 13.7. The van der Waals surface area contributed by atoms with E-state index in [0.717, 1.165) is 47.2 Å². The second kappa shape index (κ2) is 8.63. The van der Waals surface area contributed by atoms with Crippen molar-refractivity contribution in [2.45, 2.75) is 77.4 Å². The van der Waals surface area contributed by atoms with E-state index in [-0.39, 0.29) is 23.7 Å². The standard InChI is InChI=1S/C28H32N6O/c1-17-13-18(2)25-21(14-17)16-23(28(35)29-25)26(33-19(3)15-20-9-7-8-12-24(20)33)27-30-31-32-34(27)22-10-5-4-6-11-22/h7-9,12-14,16,19,22,26H,4-6,10-11,15H2,1-3H3,(H,29,35)/t19-,26+/m0/s1. The van der Waals surface area contributed by atoms with E-state index in [1.807, 2.05) is 11.6 Å². The van der Waals surface area contributed by atoms with Crippen LogP contribution in [0.5, 0.6) is 0 Å². The van der Waals surface area contributed by atoms with Gasteiger partial charge < -0.3 is 9.88 Å². The van der Waals surface area contributed by atoms with Gasteiger partial charge >= 0.3 is 0 Å². The quantitative estimate of drug-likeness (QED) is 0.447. The van der Waals surface area contributed by atoms with Gasteiger partial charge in [0.05, 0.1) is 11.6 Å². The molecule has 7 nitrogen and oxygen atoms in total. The fourth-order valence-corrected chi connectivity index (χ4v) is 6.27. The molecule has 0 spiro atoms. The van der Waals surface area contributed by atoms with Crippen molar-refractivity contribution >= 4 is 16.6 Å². The summed E-state index contributed by atoms with van der Waals surface area (Å²) in [4.78, 5) is 19.3. The summed E-state index contributed by atoms with van der Waals surface area (Å²) < 4.78 is 2.02. The van der Waals surface area contributed by atoms with Crippen molar-refractivity contribution < 1.29 is 0 Å². The van der Waals surface area contributed by atoms with Crippen LogP contribution in [0.15, 0.2) is 47.3 Å². The number of nitrogens with zero attached hydrogens (tertiary/aromatic N) is 5. The third kappa shape index (κ3) is 3.74. The largest absolute Gasteiger partial charge is 0.354 e. The van der Waals surface area contributed by atoms with E-state index in [4.69, 9.17) is 0 Å². The summed E-state index contributed by atoms with van der Waals surface area (Å²) in [6.45, 7) is 6.37. The van der Waals surface area contributed by atoms with Gasteiger partial charge in [-0.3, -0.25) is 4.79 Å². The summed E-state index contributed by atoms with van der Waals surface area (Å²) in [7, 11) is 0. The minimum atomic E-state index is -0.375. The number of aromatic nitrogens is 5. The van der Waals surface area contributed by atoms with E-state index in [9.17, 15) is 4.79 Å². The Balaban J connectivity index is 1.58. The minimum absolute atomic E-state index is 0.0794. The van der Waals surface area contributed by atoms with Crippen LogP contribution in [0.4, 0.5) is 5.69 Å². The van der Waals surface area contributed by atoms with Gasteiger partial charge in [-0.15, -0.1) is 5.10 Å². The van der Waals surface area contributed by atoms with Gasteiger partial charge in [-0.1, -0.05) is 49.1 Å². The van der Waals surface area contributed by atoms with E-state index in [0.29, 0.717) is 5.56 Å². The molecule has 0 radical (unpaired) electrons. The molecule has 35 heavy (non-hydrogen) atoms. The molecule has 2 atom stereocenters. The molecule has 2 aliphatic rings. The molecule has 2 aromatic carbocycles. The Kier molecular flexibility index (Phi) is 5.43. The van der Waals surface area contributed by atoms with Crippen LogP contribution in [-0.4, -0.2) is 31.2 Å². The van der Waals surface area contributed by atoms with Crippen LogP contribution >= 0.6 is 0 Å². The first-order valence-corrected chi connectivity index (χ1v) is 12.8. The van der Waals surface area contributed by atoms with E-state index >= 15 is 0 Å². The molecule has 4 aromatic rings. The molecular weight excluding hydrogens is 436 g/mol. The van der Waals surface area contributed by atoms with E-state index in [1.165, 1.54) is 30.4 Å². The molecule has 0 saturated heterocycles. The van der Waals surface area contributed by atoms with Gasteiger partial charge in [0.15, 0.2) is 5.82 Å². The number of hydrogen-bond donors (Lipinski definition) is 1. The van der Waals surface area contributed by atoms with Crippen LogP contribution in [0.1, 0.15) is 79.2 Å². The van der Waals surface area contributed by atoms with Crippen LogP contribution in [0.25, 0.3) is 10.9 Å². The van der Waals surface area contributed by atoms with Crippen molar-refractivity contribution in [3.8, 4) is 0 Å². The summed E-state index contributed by atoms with van der Waals surface area (Å²) in [5.74, 6) is 0.759. The van der Waals surface area contributed by atoms with Crippen LogP contribution in [0.2, 0.25) is 0 Å². The number of pyridine rings is 1. The fraction of sp³-hybridized carbons (Fsp3) is 0.429. The normalized spacial score (nSPS) is 19.3. The Morgan fingerprint density at radius 2 is 1.86 bits per heavy atom. The Bertz CT molecular complexity index is 1450. The Labute approximate surface area is 205 Å². The number of hydrogen-bond acceptors (Lipinski definition) is 5. The highest BCUT2D eigenvalue weighted by Gasteiger charge is 2.38. The molecule has 180 valence electrons. The second-order valence-electron chi connectivity index (χ2n) is 10.4. The van der Waals surface area contributed by atoms with Crippen molar-refractivity contribution in [2.24, 2.45) is 0 Å². The molecule has 1 aliphatic carbocycles. The molecule has 6 rings (SSSR count). The lowest BCUT2D eigenvalue weighted by molar-refractivity contribution is 0.312. The average Bonchev–Trinajstić information content (AvgIpc) is 3.46. The third-order valence-corrected chi connectivity index (χ3v) is 7.84. The molecule has 0 unspecified atom stereocenters. The number of H-pyrrole nitrogens is 1. The lowest BCUT2D eigenvalue weighted by atomic mass is 9.94. The molecule has 1 fully saturated rings. The zero-order chi connectivity index (χ0) is 24.1. The number of benzene rings is 2. The summed E-state index contributed by atoms with van der Waals surface area (Å²) >= 11 is 0. The number of anilines is 1. The van der Waals surface area contributed by atoms with Gasteiger partial charge in [0.2, 0.25) is 0 Å². The second-order valence-corrected chi connectivity index (χ2v) is 10.4. The van der Waals surface area contributed by atoms with Crippen molar-refractivity contribution in [1.29, 1.82) is 0 Å². The minimum Gasteiger partial charge on any atom is -0.354 e. The Morgan fingerprint density at radius 3 is 2.69 bits per heavy atom. The summed E-state index contributed by atoms with van der Waals surface area (Å²) in [6.07, 6.45) is 6.71.